The number of carbonyl (C=O) groups is 2. The van der Waals surface area contributed by atoms with E-state index in [1.54, 1.807) is 13.8 Å². The minimum absolute atomic E-state index is 0.153. The van der Waals surface area contributed by atoms with E-state index in [4.69, 9.17) is 5.11 Å². The molecule has 0 bridgehead atoms. The van der Waals surface area contributed by atoms with E-state index in [1.807, 2.05) is 0 Å². The standard InChI is InChI=1S/C17H16F3N3O3S/c1-8-9(2)23(7-15(24)25)22-12(16(8)26)6-14-21-11-5-10(17(18,19)20)3-4-13(11)27-14/h3-5,12,22H,6-7H2,1-2H3,(H,24,25). The van der Waals surface area contributed by atoms with Gasteiger partial charge in [0.15, 0.2) is 5.78 Å². The van der Waals surface area contributed by atoms with Crippen LogP contribution in [0.2, 0.25) is 0 Å². The molecular weight excluding hydrogens is 383 g/mol. The molecule has 0 saturated heterocycles. The fraction of sp³-hybridized carbons (Fsp3) is 0.353. The van der Waals surface area contributed by atoms with Crippen molar-refractivity contribution in [2.45, 2.75) is 32.5 Å². The molecule has 144 valence electrons. The number of thiazole rings is 1. The van der Waals surface area contributed by atoms with Crippen LogP contribution < -0.4 is 5.43 Å². The highest BCUT2D eigenvalue weighted by molar-refractivity contribution is 7.18. The number of aromatic nitrogens is 1. The van der Waals surface area contributed by atoms with Gasteiger partial charge in [-0.2, -0.15) is 13.2 Å². The molecule has 6 nitrogen and oxygen atoms in total. The number of nitrogens with one attached hydrogen (secondary N) is 1. The predicted octanol–water partition coefficient (Wildman–Crippen LogP) is 2.99. The molecule has 27 heavy (non-hydrogen) atoms. The number of hydrogen-bond acceptors (Lipinski definition) is 6. The fourth-order valence-corrected chi connectivity index (χ4v) is 3.83. The molecule has 0 aliphatic carbocycles. The maximum atomic E-state index is 12.8. The minimum Gasteiger partial charge on any atom is -0.480 e. The normalized spacial score (nSPS) is 18.5. The minimum atomic E-state index is -4.45. The fourth-order valence-electron chi connectivity index (χ4n) is 2.84. The van der Waals surface area contributed by atoms with Crippen LogP contribution in [0.3, 0.4) is 0 Å². The quantitative estimate of drug-likeness (QED) is 0.823. The molecule has 0 radical (unpaired) electrons. The Hall–Kier alpha value is -2.46. The third-order valence-electron chi connectivity index (χ3n) is 4.38. The second kappa shape index (κ2) is 6.93. The lowest BCUT2D eigenvalue weighted by atomic mass is 9.99. The average molecular weight is 399 g/mol. The number of hydrazine groups is 1. The number of halogens is 3. The zero-order chi connectivity index (χ0) is 19.9. The third-order valence-corrected chi connectivity index (χ3v) is 5.44. The van der Waals surface area contributed by atoms with Gasteiger partial charge in [-0.05, 0) is 32.0 Å². The molecule has 10 heteroatoms. The molecule has 0 amide bonds. The molecule has 2 heterocycles. The summed E-state index contributed by atoms with van der Waals surface area (Å²) in [5, 5.41) is 10.9. The predicted molar refractivity (Wildman–Crippen MR) is 93.0 cm³/mol. The molecule has 1 aliphatic rings. The first kappa shape index (κ1) is 19.3. The van der Waals surface area contributed by atoms with Gasteiger partial charge < -0.3 is 10.1 Å². The zero-order valence-corrected chi connectivity index (χ0v) is 15.2. The van der Waals surface area contributed by atoms with Gasteiger partial charge in [0, 0.05) is 17.7 Å². The lowest BCUT2D eigenvalue weighted by Crippen LogP contribution is -2.54. The third kappa shape index (κ3) is 3.96. The van der Waals surface area contributed by atoms with Gasteiger partial charge >= 0.3 is 12.1 Å². The molecule has 0 fully saturated rings. The van der Waals surface area contributed by atoms with Crippen LogP contribution in [-0.4, -0.2) is 39.4 Å². The SMILES string of the molecule is CC1=C(C)N(CC(=O)O)NC(Cc2nc3cc(C(F)(F)F)ccc3s2)C1=O. The van der Waals surface area contributed by atoms with E-state index in [0.29, 0.717) is 21.0 Å². The second-order valence-corrected chi connectivity index (χ2v) is 7.34. The number of Topliss-reactive ketones (excluding diaryl/α,β-unsaturated/α-hetero) is 1. The van der Waals surface area contributed by atoms with E-state index in [9.17, 15) is 22.8 Å². The van der Waals surface area contributed by atoms with Gasteiger partial charge in [-0.1, -0.05) is 0 Å². The van der Waals surface area contributed by atoms with Gasteiger partial charge in [0.05, 0.1) is 26.8 Å². The number of nitrogens with zero attached hydrogens (tertiary/aromatic N) is 2. The molecule has 2 aromatic rings. The number of alkyl halides is 3. The Morgan fingerprint density at radius 3 is 2.70 bits per heavy atom. The Morgan fingerprint density at radius 1 is 1.37 bits per heavy atom. The van der Waals surface area contributed by atoms with Gasteiger partial charge in [-0.3, -0.25) is 9.59 Å². The Morgan fingerprint density at radius 2 is 2.07 bits per heavy atom. The summed E-state index contributed by atoms with van der Waals surface area (Å²) in [5.41, 5.74) is 3.29. The highest BCUT2D eigenvalue weighted by Crippen LogP contribution is 2.33. The van der Waals surface area contributed by atoms with E-state index in [2.05, 4.69) is 10.4 Å². The molecule has 1 aromatic carbocycles. The van der Waals surface area contributed by atoms with E-state index in [-0.39, 0.29) is 24.3 Å². The van der Waals surface area contributed by atoms with Crippen molar-refractivity contribution in [3.8, 4) is 0 Å². The van der Waals surface area contributed by atoms with Crippen LogP contribution in [-0.2, 0) is 22.2 Å². The van der Waals surface area contributed by atoms with E-state index in [0.717, 1.165) is 12.1 Å². The maximum Gasteiger partial charge on any atom is 0.416 e. The lowest BCUT2D eigenvalue weighted by Gasteiger charge is -2.34. The number of carboxylic acid groups (broad SMARTS) is 1. The number of carbonyl (C=O) groups excluding carboxylic acids is 1. The van der Waals surface area contributed by atoms with Gasteiger partial charge in [0.2, 0.25) is 0 Å². The van der Waals surface area contributed by atoms with E-state index in [1.165, 1.54) is 22.4 Å². The molecule has 0 spiro atoms. The lowest BCUT2D eigenvalue weighted by molar-refractivity contribution is -0.139. The Labute approximate surface area is 156 Å². The number of allylic oxidation sites excluding steroid dienone is 1. The maximum absolute atomic E-state index is 12.8. The summed E-state index contributed by atoms with van der Waals surface area (Å²) in [7, 11) is 0. The Bertz CT molecular complexity index is 952. The van der Waals surface area contributed by atoms with E-state index >= 15 is 0 Å². The second-order valence-electron chi connectivity index (χ2n) is 6.23. The molecule has 1 atom stereocenters. The number of aliphatic carboxylic acids is 1. The van der Waals surface area contributed by atoms with Crippen LogP contribution in [0.25, 0.3) is 10.2 Å². The van der Waals surface area contributed by atoms with Crippen LogP contribution in [0.4, 0.5) is 13.2 Å². The number of carboxylic acids is 1. The van der Waals surface area contributed by atoms with Crippen LogP contribution in [0.1, 0.15) is 24.4 Å². The number of benzene rings is 1. The van der Waals surface area contributed by atoms with Crippen molar-refractivity contribution in [3.63, 3.8) is 0 Å². The first-order valence-corrected chi connectivity index (χ1v) is 8.81. The summed E-state index contributed by atoms with van der Waals surface area (Å²) in [6.07, 6.45) is -4.30. The number of hydrogen-bond donors (Lipinski definition) is 2. The molecule has 1 unspecified atom stereocenters. The molecule has 1 aliphatic heterocycles. The topological polar surface area (TPSA) is 82.5 Å². The highest BCUT2D eigenvalue weighted by atomic mass is 32.1. The van der Waals surface area contributed by atoms with Crippen molar-refractivity contribution in [2.75, 3.05) is 6.54 Å². The molecule has 0 saturated carbocycles. The van der Waals surface area contributed by atoms with E-state index < -0.39 is 23.8 Å². The van der Waals surface area contributed by atoms with Crippen molar-refractivity contribution < 1.29 is 27.9 Å². The summed E-state index contributed by atoms with van der Waals surface area (Å²) >= 11 is 1.21. The molecule has 1 aromatic heterocycles. The summed E-state index contributed by atoms with van der Waals surface area (Å²) < 4.78 is 39.1. The smallest absolute Gasteiger partial charge is 0.416 e. The summed E-state index contributed by atoms with van der Waals surface area (Å²) in [4.78, 5) is 27.7. The largest absolute Gasteiger partial charge is 0.480 e. The first-order valence-electron chi connectivity index (χ1n) is 8.00. The number of rotatable bonds is 4. The van der Waals surface area contributed by atoms with Crippen molar-refractivity contribution in [2.24, 2.45) is 0 Å². The van der Waals surface area contributed by atoms with Crippen LogP contribution in [0, 0.1) is 0 Å². The zero-order valence-electron chi connectivity index (χ0n) is 14.4. The molecule has 3 rings (SSSR count). The van der Waals surface area contributed by atoms with Gasteiger partial charge in [0.1, 0.15) is 6.54 Å². The first-order chi connectivity index (χ1) is 12.6. The van der Waals surface area contributed by atoms with Crippen molar-refractivity contribution in [1.82, 2.24) is 15.4 Å². The molecule has 2 N–H and O–H groups in total. The Balaban J connectivity index is 1.86. The summed E-state index contributed by atoms with van der Waals surface area (Å²) in [6.45, 7) is 2.95. The number of fused-ring (bicyclic) bond motifs is 1. The van der Waals surface area contributed by atoms with Crippen molar-refractivity contribution in [3.05, 3.63) is 40.0 Å². The monoisotopic (exact) mass is 399 g/mol. The van der Waals surface area contributed by atoms with Crippen LogP contribution in [0.5, 0.6) is 0 Å². The van der Waals surface area contributed by atoms with Crippen molar-refractivity contribution in [1.29, 1.82) is 0 Å². The van der Waals surface area contributed by atoms with Gasteiger partial charge in [-0.25, -0.2) is 10.4 Å². The van der Waals surface area contributed by atoms with Crippen LogP contribution >= 0.6 is 11.3 Å². The summed E-state index contributed by atoms with van der Waals surface area (Å²) in [5.74, 6) is -1.24. The van der Waals surface area contributed by atoms with Crippen LogP contribution in [0.15, 0.2) is 29.5 Å². The van der Waals surface area contributed by atoms with Gasteiger partial charge in [0.25, 0.3) is 0 Å². The average Bonchev–Trinajstić information content (AvgIpc) is 2.97. The summed E-state index contributed by atoms with van der Waals surface area (Å²) in [6, 6.07) is 2.62. The van der Waals surface area contributed by atoms with Gasteiger partial charge in [-0.15, -0.1) is 11.3 Å². The van der Waals surface area contributed by atoms with Crippen molar-refractivity contribution >= 4 is 33.3 Å². The highest BCUT2D eigenvalue weighted by Gasteiger charge is 2.33. The molecular formula is C17H16F3N3O3S. The Kier molecular flexibility index (Phi) is 4.96. The number of ketones is 1.